The Bertz CT molecular complexity index is 427. The van der Waals surface area contributed by atoms with E-state index in [9.17, 15) is 0 Å². The van der Waals surface area contributed by atoms with E-state index in [1.165, 1.54) is 121 Å². The number of hydrogen-bond donors (Lipinski definition) is 0. The largest absolute Gasteiger partial charge is 0.299 e. The molecule has 0 heterocycles. The fraction of sp³-hybridized carbons (Fsp3) is 0.786. The number of hydrogen-bond acceptors (Lipinski definition) is 1. The van der Waals surface area contributed by atoms with Gasteiger partial charge in [-0.15, -0.1) is 0 Å². The van der Waals surface area contributed by atoms with Gasteiger partial charge in [0.15, 0.2) is 0 Å². The zero-order valence-corrected chi connectivity index (χ0v) is 20.0. The summed E-state index contributed by atoms with van der Waals surface area (Å²) in [5, 5.41) is 0. The fourth-order valence-electron chi connectivity index (χ4n) is 4.25. The Balaban J connectivity index is 1.79. The molecule has 168 valence electrons. The van der Waals surface area contributed by atoms with Crippen molar-refractivity contribution in [3.05, 3.63) is 35.9 Å². The van der Waals surface area contributed by atoms with Gasteiger partial charge in [-0.3, -0.25) is 4.90 Å². The lowest BCUT2D eigenvalue weighted by molar-refractivity contribution is 0.272. The van der Waals surface area contributed by atoms with Crippen LogP contribution in [0.3, 0.4) is 0 Å². The second-order valence-electron chi connectivity index (χ2n) is 9.01. The summed E-state index contributed by atoms with van der Waals surface area (Å²) >= 11 is 0. The maximum Gasteiger partial charge on any atom is 0.0233 e. The predicted molar refractivity (Wildman–Crippen MR) is 132 cm³/mol. The van der Waals surface area contributed by atoms with Crippen LogP contribution in [-0.4, -0.2) is 18.0 Å². The van der Waals surface area contributed by atoms with Gasteiger partial charge >= 0.3 is 0 Å². The van der Waals surface area contributed by atoms with Crippen molar-refractivity contribution < 1.29 is 0 Å². The highest BCUT2D eigenvalue weighted by Gasteiger charge is 2.03. The SMILES string of the molecule is CCCCCCCCCCCCCCCCCCCN(CC)Cc1ccccc1. The molecule has 0 atom stereocenters. The van der Waals surface area contributed by atoms with Gasteiger partial charge in [0.25, 0.3) is 0 Å². The van der Waals surface area contributed by atoms with Gasteiger partial charge in [-0.25, -0.2) is 0 Å². The van der Waals surface area contributed by atoms with Crippen molar-refractivity contribution in [3.8, 4) is 0 Å². The molecule has 0 radical (unpaired) electrons. The molecule has 1 aromatic rings. The quantitative estimate of drug-likeness (QED) is 0.186. The van der Waals surface area contributed by atoms with Crippen molar-refractivity contribution in [3.63, 3.8) is 0 Å². The van der Waals surface area contributed by atoms with Crippen molar-refractivity contribution in [2.75, 3.05) is 13.1 Å². The molecule has 0 spiro atoms. The van der Waals surface area contributed by atoms with Crippen molar-refractivity contribution in [1.82, 2.24) is 4.90 Å². The Kier molecular flexibility index (Phi) is 18.5. The standard InChI is InChI=1S/C28H51N/c1-3-5-6-7-8-9-10-11-12-13-14-15-16-17-18-19-23-26-29(4-2)27-28-24-21-20-22-25-28/h20-22,24-25H,3-19,23,26-27H2,1-2H3. The molecule has 0 fully saturated rings. The number of nitrogens with zero attached hydrogens (tertiary/aromatic N) is 1. The number of rotatable bonds is 21. The first-order chi connectivity index (χ1) is 14.4. The van der Waals surface area contributed by atoms with Crippen molar-refractivity contribution >= 4 is 0 Å². The summed E-state index contributed by atoms with van der Waals surface area (Å²) in [7, 11) is 0. The lowest BCUT2D eigenvalue weighted by Gasteiger charge is -2.20. The van der Waals surface area contributed by atoms with Gasteiger partial charge in [-0.1, -0.05) is 147 Å². The normalized spacial score (nSPS) is 11.4. The van der Waals surface area contributed by atoms with E-state index in [0.29, 0.717) is 0 Å². The van der Waals surface area contributed by atoms with Gasteiger partial charge < -0.3 is 0 Å². The highest BCUT2D eigenvalue weighted by molar-refractivity contribution is 5.14. The average molecular weight is 402 g/mol. The molecular formula is C28H51N. The van der Waals surface area contributed by atoms with Crippen LogP contribution in [0.15, 0.2) is 30.3 Å². The number of benzene rings is 1. The third-order valence-corrected chi connectivity index (χ3v) is 6.27. The summed E-state index contributed by atoms with van der Waals surface area (Å²) in [5.41, 5.74) is 1.45. The van der Waals surface area contributed by atoms with Crippen LogP contribution in [-0.2, 0) is 6.54 Å². The van der Waals surface area contributed by atoms with Crippen LogP contribution in [0.5, 0.6) is 0 Å². The summed E-state index contributed by atoms with van der Waals surface area (Å²) in [6, 6.07) is 10.9. The first kappa shape index (κ1) is 26.2. The van der Waals surface area contributed by atoms with Gasteiger partial charge in [-0.2, -0.15) is 0 Å². The Hall–Kier alpha value is -0.820. The van der Waals surface area contributed by atoms with Gasteiger partial charge in [0.2, 0.25) is 0 Å². The van der Waals surface area contributed by atoms with Crippen LogP contribution in [0.2, 0.25) is 0 Å². The number of unbranched alkanes of at least 4 members (excludes halogenated alkanes) is 16. The maximum absolute atomic E-state index is 2.58. The first-order valence-corrected chi connectivity index (χ1v) is 13.1. The third-order valence-electron chi connectivity index (χ3n) is 6.27. The van der Waals surface area contributed by atoms with E-state index < -0.39 is 0 Å². The molecule has 1 rings (SSSR count). The van der Waals surface area contributed by atoms with Crippen LogP contribution in [0.4, 0.5) is 0 Å². The molecule has 0 saturated carbocycles. The molecule has 0 unspecified atom stereocenters. The van der Waals surface area contributed by atoms with Crippen molar-refractivity contribution in [1.29, 1.82) is 0 Å². The van der Waals surface area contributed by atoms with E-state index in [1.54, 1.807) is 0 Å². The minimum absolute atomic E-state index is 1.11. The molecular weight excluding hydrogens is 350 g/mol. The zero-order valence-electron chi connectivity index (χ0n) is 20.0. The molecule has 0 aliphatic rings. The Morgan fingerprint density at radius 2 is 0.931 bits per heavy atom. The molecule has 0 aliphatic heterocycles. The van der Waals surface area contributed by atoms with Gasteiger partial charge in [0, 0.05) is 6.54 Å². The predicted octanol–water partition coefficient (Wildman–Crippen LogP) is 9.16. The smallest absolute Gasteiger partial charge is 0.0233 e. The molecule has 1 heteroatoms. The summed E-state index contributed by atoms with van der Waals surface area (Å²) in [4.78, 5) is 2.58. The van der Waals surface area contributed by atoms with E-state index in [1.807, 2.05) is 0 Å². The third kappa shape index (κ3) is 16.6. The second kappa shape index (κ2) is 20.5. The van der Waals surface area contributed by atoms with Crippen LogP contribution in [0.25, 0.3) is 0 Å². The average Bonchev–Trinajstić information content (AvgIpc) is 2.75. The monoisotopic (exact) mass is 401 g/mol. The minimum atomic E-state index is 1.11. The van der Waals surface area contributed by atoms with E-state index in [4.69, 9.17) is 0 Å². The minimum Gasteiger partial charge on any atom is -0.299 e. The maximum atomic E-state index is 2.58. The molecule has 1 aromatic carbocycles. The molecule has 0 aliphatic carbocycles. The van der Waals surface area contributed by atoms with Crippen LogP contribution < -0.4 is 0 Å². The van der Waals surface area contributed by atoms with Gasteiger partial charge in [-0.05, 0) is 25.1 Å². The van der Waals surface area contributed by atoms with Crippen molar-refractivity contribution in [2.24, 2.45) is 0 Å². The highest BCUT2D eigenvalue weighted by Crippen LogP contribution is 2.14. The molecule has 0 aromatic heterocycles. The van der Waals surface area contributed by atoms with Gasteiger partial charge in [0.1, 0.15) is 0 Å². The molecule has 0 bridgehead atoms. The van der Waals surface area contributed by atoms with Crippen LogP contribution >= 0.6 is 0 Å². The fourth-order valence-corrected chi connectivity index (χ4v) is 4.25. The molecule has 1 nitrogen and oxygen atoms in total. The molecule has 0 amide bonds. The molecule has 29 heavy (non-hydrogen) atoms. The van der Waals surface area contributed by atoms with E-state index in [0.717, 1.165) is 13.1 Å². The Morgan fingerprint density at radius 3 is 1.34 bits per heavy atom. The van der Waals surface area contributed by atoms with E-state index in [2.05, 4.69) is 49.1 Å². The Labute approximate surface area is 183 Å². The van der Waals surface area contributed by atoms with Gasteiger partial charge in [0.05, 0.1) is 0 Å². The summed E-state index contributed by atoms with van der Waals surface area (Å²) in [5.74, 6) is 0. The van der Waals surface area contributed by atoms with Crippen molar-refractivity contribution in [2.45, 2.75) is 130 Å². The summed E-state index contributed by atoms with van der Waals surface area (Å²) in [6.07, 6.45) is 24.6. The lowest BCUT2D eigenvalue weighted by atomic mass is 10.0. The second-order valence-corrected chi connectivity index (χ2v) is 9.01. The molecule has 0 N–H and O–H groups in total. The van der Waals surface area contributed by atoms with Crippen LogP contribution in [0, 0.1) is 0 Å². The summed E-state index contributed by atoms with van der Waals surface area (Å²) in [6.45, 7) is 8.11. The topological polar surface area (TPSA) is 3.24 Å². The van der Waals surface area contributed by atoms with E-state index >= 15 is 0 Å². The zero-order chi connectivity index (χ0) is 20.8. The lowest BCUT2D eigenvalue weighted by Crippen LogP contribution is -2.23. The molecule has 0 saturated heterocycles. The highest BCUT2D eigenvalue weighted by atomic mass is 15.1. The van der Waals surface area contributed by atoms with Crippen LogP contribution in [0.1, 0.15) is 129 Å². The summed E-state index contributed by atoms with van der Waals surface area (Å²) < 4.78 is 0. The Morgan fingerprint density at radius 1 is 0.517 bits per heavy atom. The first-order valence-electron chi connectivity index (χ1n) is 13.1. The van der Waals surface area contributed by atoms with E-state index in [-0.39, 0.29) is 0 Å².